The molecule has 9 heteroatoms. The molecule has 0 unspecified atom stereocenters. The molecule has 0 amide bonds. The molecule has 3 aliphatic rings. The summed E-state index contributed by atoms with van der Waals surface area (Å²) in [4.78, 5) is 21.3. The number of likely N-dealkylation sites (N-methyl/N-ethyl adjacent to an activating group) is 1. The smallest absolute Gasteiger partial charge is 0.359 e. The van der Waals surface area contributed by atoms with Crippen LogP contribution in [0.15, 0.2) is 0 Å². The highest BCUT2D eigenvalue weighted by Crippen LogP contribution is 2.16. The molecule has 0 bridgehead atoms. The third kappa shape index (κ3) is 7.63. The Morgan fingerprint density at radius 1 is 0.806 bits per heavy atom. The third-order valence-corrected chi connectivity index (χ3v) is 7.75. The van der Waals surface area contributed by atoms with Gasteiger partial charge < -0.3 is 24.3 Å². The van der Waals surface area contributed by atoms with Crippen LogP contribution >= 0.6 is 0 Å². The molecule has 3 aliphatic heterocycles. The second-order valence-corrected chi connectivity index (χ2v) is 10.1. The molecule has 180 valence electrons. The van der Waals surface area contributed by atoms with Crippen molar-refractivity contribution in [3.63, 3.8) is 0 Å². The largest absolute Gasteiger partial charge is 0.633 e. The van der Waals surface area contributed by atoms with E-state index in [0.29, 0.717) is 24.1 Å². The molecular weight excluding hydrogens is 396 g/mol. The molecule has 3 fully saturated rings. The summed E-state index contributed by atoms with van der Waals surface area (Å²) in [6.07, 6.45) is 1.21. The maximum absolute atomic E-state index is 12.9. The normalized spacial score (nSPS) is 26.2. The van der Waals surface area contributed by atoms with Gasteiger partial charge in [-0.2, -0.15) is 0 Å². The van der Waals surface area contributed by atoms with Crippen LogP contribution in [0.2, 0.25) is 0 Å². The summed E-state index contributed by atoms with van der Waals surface area (Å²) in [5.74, 6) is -0.692. The van der Waals surface area contributed by atoms with Crippen molar-refractivity contribution in [2.75, 3.05) is 125 Å². The number of carboxylic acids is 1. The molecule has 9 nitrogen and oxygen atoms in total. The Morgan fingerprint density at radius 3 is 1.87 bits per heavy atom. The SMILES string of the molecule is CCCN1CCN(CC[N+]2(CC(=O)O)CCN(CC[N+]3([O-])CCN(C)CC3)CC2)CC1. The molecule has 0 saturated carbocycles. The van der Waals surface area contributed by atoms with Crippen molar-refractivity contribution in [2.24, 2.45) is 0 Å². The number of nitrogens with zero attached hydrogens (tertiary/aromatic N) is 6. The predicted octanol–water partition coefficient (Wildman–Crippen LogP) is -0.509. The molecule has 0 spiro atoms. The minimum atomic E-state index is -0.692. The minimum Gasteiger partial charge on any atom is -0.633 e. The fraction of sp³-hybridized carbons (Fsp3) is 0.955. The second-order valence-electron chi connectivity index (χ2n) is 10.1. The highest BCUT2D eigenvalue weighted by atomic mass is 16.5. The summed E-state index contributed by atoms with van der Waals surface area (Å²) < 4.78 is 0.614. The van der Waals surface area contributed by atoms with Gasteiger partial charge in [-0.05, 0) is 20.0 Å². The molecule has 0 aromatic heterocycles. The summed E-state index contributed by atoms with van der Waals surface area (Å²) >= 11 is 0. The van der Waals surface area contributed by atoms with Gasteiger partial charge in [0.2, 0.25) is 0 Å². The highest BCUT2D eigenvalue weighted by Gasteiger charge is 2.36. The van der Waals surface area contributed by atoms with Crippen molar-refractivity contribution in [1.29, 1.82) is 0 Å². The summed E-state index contributed by atoms with van der Waals surface area (Å²) in [5, 5.41) is 22.5. The van der Waals surface area contributed by atoms with Gasteiger partial charge in [-0.1, -0.05) is 6.92 Å². The standard InChI is InChI=1S/C22H44N6O3/c1-3-4-24-5-7-25(8-6-24)11-15-27(21-22(29)30)16-12-26(13-17-27)14-20-28(31)18-9-23(2)10-19-28/h3-21H2,1-2H3/p+1. The highest BCUT2D eigenvalue weighted by molar-refractivity contribution is 5.67. The first kappa shape index (κ1) is 24.8. The number of rotatable bonds is 10. The van der Waals surface area contributed by atoms with Gasteiger partial charge in [-0.3, -0.25) is 14.7 Å². The Kier molecular flexibility index (Phi) is 9.10. The first-order chi connectivity index (χ1) is 14.8. The van der Waals surface area contributed by atoms with Crippen molar-refractivity contribution < 1.29 is 19.0 Å². The molecule has 3 saturated heterocycles. The van der Waals surface area contributed by atoms with E-state index in [0.717, 1.165) is 85.1 Å². The monoisotopic (exact) mass is 441 g/mol. The topological polar surface area (TPSA) is 73.3 Å². The lowest BCUT2D eigenvalue weighted by atomic mass is 10.2. The summed E-state index contributed by atoms with van der Waals surface area (Å²) in [5.41, 5.74) is 0. The number of hydrogen-bond acceptors (Lipinski definition) is 6. The molecule has 1 N–H and O–H groups in total. The maximum atomic E-state index is 12.9. The average molecular weight is 442 g/mol. The lowest BCUT2D eigenvalue weighted by Gasteiger charge is -2.49. The van der Waals surface area contributed by atoms with E-state index in [4.69, 9.17) is 0 Å². The number of piperazine rings is 3. The van der Waals surface area contributed by atoms with Crippen molar-refractivity contribution in [3.05, 3.63) is 5.21 Å². The van der Waals surface area contributed by atoms with Gasteiger partial charge in [0.15, 0.2) is 6.54 Å². The Hall–Kier alpha value is -0.810. The molecule has 0 atom stereocenters. The van der Waals surface area contributed by atoms with Gasteiger partial charge >= 0.3 is 5.97 Å². The summed E-state index contributed by atoms with van der Waals surface area (Å²) in [7, 11) is 2.08. The molecule has 3 rings (SSSR count). The Bertz CT molecular complexity index is 553. The number of aliphatic carboxylic acids is 1. The average Bonchev–Trinajstić information content (AvgIpc) is 2.75. The fourth-order valence-electron chi connectivity index (χ4n) is 5.29. The number of hydrogen-bond donors (Lipinski definition) is 1. The van der Waals surface area contributed by atoms with E-state index in [-0.39, 0.29) is 11.2 Å². The van der Waals surface area contributed by atoms with Crippen molar-refractivity contribution in [2.45, 2.75) is 13.3 Å². The van der Waals surface area contributed by atoms with E-state index in [2.05, 4.69) is 33.6 Å². The second kappa shape index (κ2) is 11.4. The number of carbonyl (C=O) groups is 1. The first-order valence-electron chi connectivity index (χ1n) is 12.3. The van der Waals surface area contributed by atoms with Gasteiger partial charge in [0, 0.05) is 65.4 Å². The van der Waals surface area contributed by atoms with Crippen LogP contribution < -0.4 is 0 Å². The quantitative estimate of drug-likeness (QED) is 0.362. The Morgan fingerprint density at radius 2 is 1.32 bits per heavy atom. The summed E-state index contributed by atoms with van der Waals surface area (Å²) in [6.45, 7) is 18.2. The van der Waals surface area contributed by atoms with Crippen LogP contribution in [0, 0.1) is 5.21 Å². The van der Waals surface area contributed by atoms with E-state index >= 15 is 0 Å². The Balaban J connectivity index is 1.43. The van der Waals surface area contributed by atoms with Crippen LogP contribution in [0.1, 0.15) is 13.3 Å². The molecule has 0 aromatic rings. The van der Waals surface area contributed by atoms with E-state index < -0.39 is 5.97 Å². The zero-order chi connectivity index (χ0) is 22.3. The van der Waals surface area contributed by atoms with Crippen molar-refractivity contribution in [3.8, 4) is 0 Å². The van der Waals surface area contributed by atoms with Crippen molar-refractivity contribution in [1.82, 2.24) is 19.6 Å². The van der Waals surface area contributed by atoms with Gasteiger partial charge in [0.1, 0.15) is 0 Å². The molecule has 0 aliphatic carbocycles. The fourth-order valence-corrected chi connectivity index (χ4v) is 5.29. The van der Waals surface area contributed by atoms with E-state index in [1.54, 1.807) is 0 Å². The predicted molar refractivity (Wildman–Crippen MR) is 123 cm³/mol. The van der Waals surface area contributed by atoms with Crippen molar-refractivity contribution >= 4 is 5.97 Å². The van der Waals surface area contributed by atoms with Crippen LogP contribution in [0.3, 0.4) is 0 Å². The van der Waals surface area contributed by atoms with E-state index in [1.807, 2.05) is 0 Å². The van der Waals surface area contributed by atoms with Gasteiger partial charge in [0.25, 0.3) is 0 Å². The van der Waals surface area contributed by atoms with Crippen LogP contribution in [0.5, 0.6) is 0 Å². The lowest BCUT2D eigenvalue weighted by Crippen LogP contribution is -2.64. The van der Waals surface area contributed by atoms with Crippen LogP contribution in [-0.2, 0) is 4.79 Å². The van der Waals surface area contributed by atoms with Gasteiger partial charge in [-0.15, -0.1) is 0 Å². The van der Waals surface area contributed by atoms with E-state index in [9.17, 15) is 15.1 Å². The molecular formula is C22H45N6O3+. The molecule has 3 heterocycles. The zero-order valence-electron chi connectivity index (χ0n) is 19.9. The minimum absolute atomic E-state index is 0.0695. The maximum Gasteiger partial charge on any atom is 0.359 e. The molecule has 31 heavy (non-hydrogen) atoms. The Labute approximate surface area is 188 Å². The van der Waals surface area contributed by atoms with Gasteiger partial charge in [-0.25, -0.2) is 4.79 Å². The van der Waals surface area contributed by atoms with Crippen LogP contribution in [0.25, 0.3) is 0 Å². The third-order valence-electron chi connectivity index (χ3n) is 7.75. The zero-order valence-corrected chi connectivity index (χ0v) is 19.9. The van der Waals surface area contributed by atoms with E-state index in [1.165, 1.54) is 13.0 Å². The van der Waals surface area contributed by atoms with Crippen LogP contribution in [0.4, 0.5) is 0 Å². The number of carboxylic acid groups (broad SMARTS) is 1. The summed E-state index contributed by atoms with van der Waals surface area (Å²) in [6, 6.07) is 0. The number of hydroxylamine groups is 3. The molecule has 0 aromatic carbocycles. The number of quaternary nitrogens is 2. The van der Waals surface area contributed by atoms with Crippen LogP contribution in [-0.4, -0.2) is 165 Å². The molecule has 0 radical (unpaired) electrons. The lowest BCUT2D eigenvalue weighted by molar-refractivity contribution is -0.925. The van der Waals surface area contributed by atoms with Gasteiger partial charge in [0.05, 0.1) is 39.3 Å². The first-order valence-corrected chi connectivity index (χ1v) is 12.3.